The summed E-state index contributed by atoms with van der Waals surface area (Å²) < 4.78 is 0. The molecule has 0 spiro atoms. The second-order valence-corrected chi connectivity index (χ2v) is 4.08. The zero-order valence-electron chi connectivity index (χ0n) is 8.49. The summed E-state index contributed by atoms with van der Waals surface area (Å²) in [5.74, 6) is 0.526. The number of nitrogens with zero attached hydrogens (tertiary/aromatic N) is 1. The predicted molar refractivity (Wildman–Crippen MR) is 52.7 cm³/mol. The Morgan fingerprint density at radius 2 is 2.08 bits per heavy atom. The molecule has 1 N–H and O–H groups in total. The first-order chi connectivity index (χ1) is 6.18. The van der Waals surface area contributed by atoms with Gasteiger partial charge < -0.3 is 9.94 Å². The highest BCUT2D eigenvalue weighted by molar-refractivity contribution is 5.84. The van der Waals surface area contributed by atoms with Gasteiger partial charge in [-0.2, -0.15) is 0 Å². The Labute approximate surface area is 79.8 Å². The van der Waals surface area contributed by atoms with E-state index in [1.807, 2.05) is 0 Å². The first kappa shape index (κ1) is 10.5. The maximum Gasteiger partial charge on any atom is 0.119 e. The topological polar surface area (TPSA) is 41.8 Å². The van der Waals surface area contributed by atoms with E-state index >= 15 is 0 Å². The highest BCUT2D eigenvalue weighted by Crippen LogP contribution is 2.15. The predicted octanol–water partition coefficient (Wildman–Crippen LogP) is 1.95. The van der Waals surface area contributed by atoms with Gasteiger partial charge in [0.1, 0.15) is 6.61 Å². The number of oxime groups is 1. The van der Waals surface area contributed by atoms with E-state index in [9.17, 15) is 5.11 Å². The van der Waals surface area contributed by atoms with Gasteiger partial charge in [0.05, 0.1) is 11.8 Å². The minimum atomic E-state index is -0.121. The normalized spacial score (nSPS) is 23.4. The molecule has 0 bridgehead atoms. The molecule has 3 heteroatoms. The quantitative estimate of drug-likeness (QED) is 0.683. The van der Waals surface area contributed by atoms with Crippen LogP contribution in [0.2, 0.25) is 0 Å². The summed E-state index contributed by atoms with van der Waals surface area (Å²) in [4.78, 5) is 5.18. The molecule has 0 aliphatic heterocycles. The summed E-state index contributed by atoms with van der Waals surface area (Å²) in [6, 6.07) is 0. The van der Waals surface area contributed by atoms with E-state index in [1.54, 1.807) is 0 Å². The maximum atomic E-state index is 9.24. The lowest BCUT2D eigenvalue weighted by molar-refractivity contribution is 0.112. The Hall–Kier alpha value is -0.570. The average Bonchev–Trinajstić information content (AvgIpc) is 2.08. The Morgan fingerprint density at radius 1 is 1.46 bits per heavy atom. The Kier molecular flexibility index (Phi) is 4.22. The number of rotatable bonds is 3. The second-order valence-electron chi connectivity index (χ2n) is 4.08. The van der Waals surface area contributed by atoms with Crippen molar-refractivity contribution in [2.45, 2.75) is 45.6 Å². The Bertz CT molecular complexity index is 168. The molecule has 0 heterocycles. The fourth-order valence-electron chi connectivity index (χ4n) is 1.30. The molecule has 1 fully saturated rings. The largest absolute Gasteiger partial charge is 0.396 e. The van der Waals surface area contributed by atoms with Gasteiger partial charge >= 0.3 is 0 Å². The fourth-order valence-corrected chi connectivity index (χ4v) is 1.30. The van der Waals surface area contributed by atoms with E-state index in [0.717, 1.165) is 31.4 Å². The van der Waals surface area contributed by atoms with Gasteiger partial charge in [-0.25, -0.2) is 0 Å². The SMILES string of the molecule is CC(C)CON=C1CCC(O)CC1. The number of hydrogen-bond donors (Lipinski definition) is 1. The van der Waals surface area contributed by atoms with Crippen molar-refractivity contribution in [3.8, 4) is 0 Å². The van der Waals surface area contributed by atoms with Gasteiger partial charge in [0.25, 0.3) is 0 Å². The van der Waals surface area contributed by atoms with Crippen LogP contribution in [-0.4, -0.2) is 23.5 Å². The first-order valence-electron chi connectivity index (χ1n) is 5.04. The summed E-state index contributed by atoms with van der Waals surface area (Å²) >= 11 is 0. The third-order valence-corrected chi connectivity index (χ3v) is 2.13. The molecule has 0 aromatic carbocycles. The van der Waals surface area contributed by atoms with E-state index in [4.69, 9.17) is 4.84 Å². The molecule has 0 unspecified atom stereocenters. The third kappa shape index (κ3) is 4.27. The van der Waals surface area contributed by atoms with Crippen molar-refractivity contribution in [3.63, 3.8) is 0 Å². The van der Waals surface area contributed by atoms with Crippen LogP contribution in [0.1, 0.15) is 39.5 Å². The van der Waals surface area contributed by atoms with Crippen molar-refractivity contribution >= 4 is 5.71 Å². The molecule has 1 aliphatic carbocycles. The summed E-state index contributed by atoms with van der Waals surface area (Å²) in [5.41, 5.74) is 1.10. The second kappa shape index (κ2) is 5.22. The standard InChI is InChI=1S/C10H19NO2/c1-8(2)7-13-11-9-3-5-10(12)6-4-9/h8,10,12H,3-7H2,1-2H3. The molecule has 1 rings (SSSR count). The molecule has 0 aromatic heterocycles. The van der Waals surface area contributed by atoms with Gasteiger partial charge in [-0.15, -0.1) is 0 Å². The number of aliphatic hydroxyl groups excluding tert-OH is 1. The Balaban J connectivity index is 2.20. The lowest BCUT2D eigenvalue weighted by atomic mass is 9.96. The monoisotopic (exact) mass is 185 g/mol. The molecular weight excluding hydrogens is 166 g/mol. The molecule has 1 aliphatic rings. The van der Waals surface area contributed by atoms with Gasteiger partial charge in [0.15, 0.2) is 0 Å². The van der Waals surface area contributed by atoms with Crippen LogP contribution in [0.25, 0.3) is 0 Å². The molecule has 0 saturated heterocycles. The van der Waals surface area contributed by atoms with Crippen LogP contribution < -0.4 is 0 Å². The minimum absolute atomic E-state index is 0.121. The van der Waals surface area contributed by atoms with Crippen LogP contribution in [0.4, 0.5) is 0 Å². The van der Waals surface area contributed by atoms with Crippen LogP contribution in [0, 0.1) is 5.92 Å². The summed E-state index contributed by atoms with van der Waals surface area (Å²) in [5, 5.41) is 13.3. The highest BCUT2D eigenvalue weighted by Gasteiger charge is 2.15. The lowest BCUT2D eigenvalue weighted by Crippen LogP contribution is -2.18. The lowest BCUT2D eigenvalue weighted by Gasteiger charge is -2.17. The summed E-state index contributed by atoms with van der Waals surface area (Å²) in [7, 11) is 0. The molecule has 0 radical (unpaired) electrons. The van der Waals surface area contributed by atoms with Crippen LogP contribution in [-0.2, 0) is 4.84 Å². The van der Waals surface area contributed by atoms with E-state index < -0.39 is 0 Å². The maximum absolute atomic E-state index is 9.24. The van der Waals surface area contributed by atoms with E-state index in [0.29, 0.717) is 12.5 Å². The van der Waals surface area contributed by atoms with Crippen molar-refractivity contribution in [2.75, 3.05) is 6.61 Å². The zero-order valence-corrected chi connectivity index (χ0v) is 8.49. The first-order valence-corrected chi connectivity index (χ1v) is 5.04. The van der Waals surface area contributed by atoms with Crippen LogP contribution in [0.5, 0.6) is 0 Å². The van der Waals surface area contributed by atoms with Crippen molar-refractivity contribution in [1.29, 1.82) is 0 Å². The molecule has 13 heavy (non-hydrogen) atoms. The van der Waals surface area contributed by atoms with E-state index in [-0.39, 0.29) is 6.10 Å². The Morgan fingerprint density at radius 3 is 2.62 bits per heavy atom. The molecule has 3 nitrogen and oxygen atoms in total. The van der Waals surface area contributed by atoms with Crippen molar-refractivity contribution in [1.82, 2.24) is 0 Å². The molecule has 0 aromatic rings. The van der Waals surface area contributed by atoms with Gasteiger partial charge in [0, 0.05) is 0 Å². The minimum Gasteiger partial charge on any atom is -0.396 e. The fraction of sp³-hybridized carbons (Fsp3) is 0.900. The third-order valence-electron chi connectivity index (χ3n) is 2.13. The molecule has 0 atom stereocenters. The molecular formula is C10H19NO2. The molecule has 1 saturated carbocycles. The number of hydrogen-bond acceptors (Lipinski definition) is 3. The van der Waals surface area contributed by atoms with Crippen LogP contribution in [0.15, 0.2) is 5.16 Å². The van der Waals surface area contributed by atoms with E-state index in [2.05, 4.69) is 19.0 Å². The van der Waals surface area contributed by atoms with Gasteiger partial charge in [-0.3, -0.25) is 0 Å². The summed E-state index contributed by atoms with van der Waals surface area (Å²) in [6.07, 6.45) is 3.33. The molecule has 76 valence electrons. The van der Waals surface area contributed by atoms with Crippen molar-refractivity contribution < 1.29 is 9.94 Å². The van der Waals surface area contributed by atoms with Gasteiger partial charge in [-0.1, -0.05) is 19.0 Å². The van der Waals surface area contributed by atoms with Gasteiger partial charge in [-0.05, 0) is 31.6 Å². The van der Waals surface area contributed by atoms with Gasteiger partial charge in [0.2, 0.25) is 0 Å². The average molecular weight is 185 g/mol. The van der Waals surface area contributed by atoms with Crippen molar-refractivity contribution in [2.24, 2.45) is 11.1 Å². The van der Waals surface area contributed by atoms with Crippen LogP contribution >= 0.6 is 0 Å². The van der Waals surface area contributed by atoms with Crippen molar-refractivity contribution in [3.05, 3.63) is 0 Å². The van der Waals surface area contributed by atoms with E-state index in [1.165, 1.54) is 0 Å². The molecule has 0 amide bonds. The smallest absolute Gasteiger partial charge is 0.119 e. The van der Waals surface area contributed by atoms with Crippen LogP contribution in [0.3, 0.4) is 0 Å². The highest BCUT2D eigenvalue weighted by atomic mass is 16.6. The number of aliphatic hydroxyl groups is 1. The summed E-state index contributed by atoms with van der Waals surface area (Å²) in [6.45, 7) is 4.89. The zero-order chi connectivity index (χ0) is 9.68.